The summed E-state index contributed by atoms with van der Waals surface area (Å²) in [4.78, 5) is 33.0. The molecule has 2 aromatic rings. The standard InChI is InChI=1S/C16H12N2O4/c1-21-11-8-10(19)13-12(14(11)20)16(22-2)18-15(17-13)9-6-4-3-5-7-9/h3-8H,1-2H3. The third-order valence-electron chi connectivity index (χ3n) is 3.27. The molecule has 1 heterocycles. The zero-order valence-electron chi connectivity index (χ0n) is 12.0. The first-order valence-electron chi connectivity index (χ1n) is 6.52. The number of ketones is 2. The van der Waals surface area contributed by atoms with E-state index in [1.54, 1.807) is 0 Å². The lowest BCUT2D eigenvalue weighted by molar-refractivity contribution is 0.0910. The Morgan fingerprint density at radius 1 is 0.955 bits per heavy atom. The number of benzene rings is 1. The molecular formula is C16H12N2O4. The van der Waals surface area contributed by atoms with Crippen molar-refractivity contribution in [3.63, 3.8) is 0 Å². The molecule has 0 radical (unpaired) electrons. The van der Waals surface area contributed by atoms with Crippen LogP contribution < -0.4 is 4.74 Å². The largest absolute Gasteiger partial charge is 0.492 e. The maximum Gasteiger partial charge on any atom is 0.235 e. The monoisotopic (exact) mass is 296 g/mol. The molecule has 0 spiro atoms. The number of carbonyl (C=O) groups excluding carboxylic acids is 2. The van der Waals surface area contributed by atoms with Crippen LogP contribution in [0.5, 0.6) is 5.88 Å². The van der Waals surface area contributed by atoms with E-state index in [1.807, 2.05) is 30.3 Å². The fourth-order valence-corrected chi connectivity index (χ4v) is 2.21. The molecule has 0 saturated carbocycles. The smallest absolute Gasteiger partial charge is 0.235 e. The maximum atomic E-state index is 12.3. The zero-order valence-corrected chi connectivity index (χ0v) is 12.0. The first-order chi connectivity index (χ1) is 10.7. The summed E-state index contributed by atoms with van der Waals surface area (Å²) in [5.74, 6) is -0.541. The number of fused-ring (bicyclic) bond motifs is 1. The van der Waals surface area contributed by atoms with Crippen LogP contribution in [-0.4, -0.2) is 35.8 Å². The first-order valence-corrected chi connectivity index (χ1v) is 6.52. The van der Waals surface area contributed by atoms with Gasteiger partial charge in [-0.3, -0.25) is 9.59 Å². The van der Waals surface area contributed by atoms with Gasteiger partial charge in [-0.2, -0.15) is 4.98 Å². The lowest BCUT2D eigenvalue weighted by Gasteiger charge is -2.16. The molecule has 1 aromatic heterocycles. The van der Waals surface area contributed by atoms with Crippen LogP contribution in [0.25, 0.3) is 11.4 Å². The van der Waals surface area contributed by atoms with Crippen LogP contribution in [0.15, 0.2) is 42.2 Å². The number of allylic oxidation sites excluding steroid dienone is 2. The van der Waals surface area contributed by atoms with Gasteiger partial charge in [0.1, 0.15) is 11.3 Å². The number of methoxy groups -OCH3 is 2. The molecule has 0 bridgehead atoms. The van der Waals surface area contributed by atoms with Crippen molar-refractivity contribution in [1.29, 1.82) is 0 Å². The molecule has 0 saturated heterocycles. The summed E-state index contributed by atoms with van der Waals surface area (Å²) in [7, 11) is 2.72. The van der Waals surface area contributed by atoms with E-state index in [4.69, 9.17) is 9.47 Å². The van der Waals surface area contributed by atoms with E-state index in [-0.39, 0.29) is 22.9 Å². The summed E-state index contributed by atoms with van der Waals surface area (Å²) in [6.45, 7) is 0. The van der Waals surface area contributed by atoms with Crippen LogP contribution in [0.4, 0.5) is 0 Å². The van der Waals surface area contributed by atoms with Crippen molar-refractivity contribution in [2.75, 3.05) is 14.2 Å². The van der Waals surface area contributed by atoms with Crippen molar-refractivity contribution < 1.29 is 19.1 Å². The van der Waals surface area contributed by atoms with Crippen LogP contribution >= 0.6 is 0 Å². The Labute approximate surface area is 126 Å². The predicted molar refractivity (Wildman–Crippen MR) is 77.8 cm³/mol. The molecule has 0 unspecified atom stereocenters. The summed E-state index contributed by atoms with van der Waals surface area (Å²) < 4.78 is 10.1. The fraction of sp³-hybridized carbons (Fsp3) is 0.125. The highest BCUT2D eigenvalue weighted by Crippen LogP contribution is 2.29. The molecule has 6 heteroatoms. The van der Waals surface area contributed by atoms with E-state index < -0.39 is 11.6 Å². The van der Waals surface area contributed by atoms with Gasteiger partial charge in [0.05, 0.1) is 14.2 Å². The highest BCUT2D eigenvalue weighted by molar-refractivity contribution is 6.23. The molecular weight excluding hydrogens is 284 g/mol. The van der Waals surface area contributed by atoms with Gasteiger partial charge in [-0.05, 0) is 0 Å². The van der Waals surface area contributed by atoms with Crippen molar-refractivity contribution >= 4 is 11.6 Å². The molecule has 1 aliphatic rings. The number of Topliss-reactive ketones (excluding diaryl/α,β-unsaturated/α-hetero) is 1. The summed E-state index contributed by atoms with van der Waals surface area (Å²) in [5, 5.41) is 0. The van der Waals surface area contributed by atoms with Gasteiger partial charge in [-0.15, -0.1) is 0 Å². The average Bonchev–Trinajstić information content (AvgIpc) is 2.57. The average molecular weight is 296 g/mol. The molecule has 0 fully saturated rings. The number of rotatable bonds is 3. The normalized spacial score (nSPS) is 13.5. The summed E-state index contributed by atoms with van der Waals surface area (Å²) in [6.07, 6.45) is 1.13. The second-order valence-electron chi connectivity index (χ2n) is 4.55. The number of nitrogens with zero attached hydrogens (tertiary/aromatic N) is 2. The predicted octanol–water partition coefficient (Wildman–Crippen LogP) is 2.06. The molecule has 0 aliphatic heterocycles. The second kappa shape index (κ2) is 5.40. The molecule has 0 atom stereocenters. The molecule has 6 nitrogen and oxygen atoms in total. The molecule has 110 valence electrons. The Hall–Kier alpha value is -3.02. The number of hydrogen-bond acceptors (Lipinski definition) is 6. The maximum absolute atomic E-state index is 12.3. The third-order valence-corrected chi connectivity index (χ3v) is 3.27. The second-order valence-corrected chi connectivity index (χ2v) is 4.55. The van der Waals surface area contributed by atoms with Crippen molar-refractivity contribution in [3.05, 3.63) is 53.4 Å². The fourth-order valence-electron chi connectivity index (χ4n) is 2.21. The molecule has 22 heavy (non-hydrogen) atoms. The molecule has 0 N–H and O–H groups in total. The van der Waals surface area contributed by atoms with Crippen LogP contribution in [0.1, 0.15) is 20.8 Å². The number of ether oxygens (including phenoxy) is 2. The van der Waals surface area contributed by atoms with Gasteiger partial charge in [0.25, 0.3) is 0 Å². The van der Waals surface area contributed by atoms with Gasteiger partial charge in [0.15, 0.2) is 11.6 Å². The van der Waals surface area contributed by atoms with Crippen LogP contribution in [0.3, 0.4) is 0 Å². The van der Waals surface area contributed by atoms with Crippen molar-refractivity contribution in [2.24, 2.45) is 0 Å². The highest BCUT2D eigenvalue weighted by atomic mass is 16.5. The number of carbonyl (C=O) groups is 2. The Balaban J connectivity index is 2.23. The summed E-state index contributed by atoms with van der Waals surface area (Å²) in [5.41, 5.74) is 0.786. The van der Waals surface area contributed by atoms with Crippen LogP contribution in [0, 0.1) is 0 Å². The topological polar surface area (TPSA) is 78.4 Å². The van der Waals surface area contributed by atoms with E-state index >= 15 is 0 Å². The lowest BCUT2D eigenvalue weighted by atomic mass is 9.98. The minimum atomic E-state index is -0.464. The van der Waals surface area contributed by atoms with Gasteiger partial charge in [-0.25, -0.2) is 4.98 Å². The van der Waals surface area contributed by atoms with Gasteiger partial charge >= 0.3 is 0 Å². The molecule has 1 aromatic carbocycles. The summed E-state index contributed by atoms with van der Waals surface area (Å²) in [6, 6.07) is 9.15. The van der Waals surface area contributed by atoms with Crippen molar-refractivity contribution in [3.8, 4) is 17.3 Å². The Kier molecular flexibility index (Phi) is 3.42. The van der Waals surface area contributed by atoms with Gasteiger partial charge in [0, 0.05) is 11.6 Å². The van der Waals surface area contributed by atoms with E-state index in [2.05, 4.69) is 9.97 Å². The third kappa shape index (κ3) is 2.14. The van der Waals surface area contributed by atoms with Crippen molar-refractivity contribution in [2.45, 2.75) is 0 Å². The zero-order chi connectivity index (χ0) is 15.7. The lowest BCUT2D eigenvalue weighted by Crippen LogP contribution is -2.22. The Morgan fingerprint density at radius 2 is 1.68 bits per heavy atom. The minimum Gasteiger partial charge on any atom is -0.492 e. The molecule has 0 amide bonds. The van der Waals surface area contributed by atoms with Crippen LogP contribution in [-0.2, 0) is 4.74 Å². The van der Waals surface area contributed by atoms with Crippen LogP contribution in [0.2, 0.25) is 0 Å². The SMILES string of the molecule is COC1=CC(=O)c2nc(-c3ccccc3)nc(OC)c2C1=O. The summed E-state index contributed by atoms with van der Waals surface area (Å²) >= 11 is 0. The quantitative estimate of drug-likeness (QED) is 0.862. The van der Waals surface area contributed by atoms with Gasteiger partial charge in [0.2, 0.25) is 17.4 Å². The van der Waals surface area contributed by atoms with E-state index in [0.29, 0.717) is 5.82 Å². The van der Waals surface area contributed by atoms with Gasteiger partial charge < -0.3 is 9.47 Å². The van der Waals surface area contributed by atoms with Gasteiger partial charge in [-0.1, -0.05) is 30.3 Å². The van der Waals surface area contributed by atoms with E-state index in [0.717, 1.165) is 11.6 Å². The number of hydrogen-bond donors (Lipinski definition) is 0. The first kappa shape index (κ1) is 13.9. The van der Waals surface area contributed by atoms with E-state index in [1.165, 1.54) is 14.2 Å². The minimum absolute atomic E-state index is 0.0245. The Bertz CT molecular complexity index is 797. The van der Waals surface area contributed by atoms with E-state index in [9.17, 15) is 9.59 Å². The Morgan fingerprint density at radius 3 is 2.32 bits per heavy atom. The van der Waals surface area contributed by atoms with Crippen molar-refractivity contribution in [1.82, 2.24) is 9.97 Å². The number of aromatic nitrogens is 2. The molecule has 3 rings (SSSR count). The highest BCUT2D eigenvalue weighted by Gasteiger charge is 2.33. The molecule has 1 aliphatic carbocycles.